The fourth-order valence-corrected chi connectivity index (χ4v) is 2.23. The molecule has 2 aromatic rings. The van der Waals surface area contributed by atoms with E-state index in [1.165, 1.54) is 5.56 Å². The lowest BCUT2D eigenvalue weighted by atomic mass is 10.1. The molecular formula is C11H13BrN4. The first-order valence-corrected chi connectivity index (χ1v) is 5.80. The van der Waals surface area contributed by atoms with Gasteiger partial charge in [0, 0.05) is 19.2 Å². The molecule has 1 N–H and O–H groups in total. The molecule has 1 aromatic heterocycles. The van der Waals surface area contributed by atoms with Gasteiger partial charge in [-0.15, -0.1) is 5.10 Å². The summed E-state index contributed by atoms with van der Waals surface area (Å²) in [6.45, 7) is 0.858. The van der Waals surface area contributed by atoms with Crippen molar-refractivity contribution in [3.8, 4) is 11.3 Å². The topological polar surface area (TPSA) is 42.7 Å². The molecule has 16 heavy (non-hydrogen) atoms. The summed E-state index contributed by atoms with van der Waals surface area (Å²) in [4.78, 5) is 0. The zero-order valence-electron chi connectivity index (χ0n) is 9.24. The van der Waals surface area contributed by atoms with Crippen molar-refractivity contribution in [2.45, 2.75) is 6.54 Å². The Morgan fingerprint density at radius 3 is 2.88 bits per heavy atom. The van der Waals surface area contributed by atoms with Gasteiger partial charge in [-0.1, -0.05) is 23.4 Å². The van der Waals surface area contributed by atoms with Crippen LogP contribution in [0.4, 0.5) is 0 Å². The maximum atomic E-state index is 3.98. The number of hydrogen-bond donors (Lipinski definition) is 1. The minimum atomic E-state index is 0.775. The molecule has 5 heteroatoms. The highest BCUT2D eigenvalue weighted by Crippen LogP contribution is 2.25. The van der Waals surface area contributed by atoms with E-state index in [1.54, 1.807) is 4.68 Å². The zero-order valence-corrected chi connectivity index (χ0v) is 10.8. The molecule has 0 aliphatic rings. The van der Waals surface area contributed by atoms with Gasteiger partial charge >= 0.3 is 0 Å². The molecular weight excluding hydrogens is 268 g/mol. The predicted octanol–water partition coefficient (Wildman–Crippen LogP) is 1.96. The molecule has 0 aliphatic heterocycles. The van der Waals surface area contributed by atoms with Gasteiger partial charge < -0.3 is 5.32 Å². The number of aromatic nitrogens is 3. The van der Waals surface area contributed by atoms with E-state index in [1.807, 2.05) is 20.2 Å². The minimum Gasteiger partial charge on any atom is -0.316 e. The molecule has 0 unspecified atom stereocenters. The van der Waals surface area contributed by atoms with Gasteiger partial charge in [-0.25, -0.2) is 4.68 Å². The Labute approximate surface area is 103 Å². The molecule has 0 aliphatic carbocycles. The Kier molecular flexibility index (Phi) is 3.36. The van der Waals surface area contributed by atoms with Crippen LogP contribution in [0.3, 0.4) is 0 Å². The van der Waals surface area contributed by atoms with Gasteiger partial charge in [0.1, 0.15) is 5.69 Å². The molecule has 0 saturated heterocycles. The first kappa shape index (κ1) is 11.3. The Morgan fingerprint density at radius 1 is 1.44 bits per heavy atom. The molecule has 0 fully saturated rings. The molecule has 2 rings (SSSR count). The van der Waals surface area contributed by atoms with E-state index in [0.29, 0.717) is 0 Å². The quantitative estimate of drug-likeness (QED) is 0.935. The van der Waals surface area contributed by atoms with Crippen molar-refractivity contribution in [3.05, 3.63) is 34.4 Å². The number of rotatable bonds is 3. The lowest BCUT2D eigenvalue weighted by Gasteiger charge is -2.05. The summed E-state index contributed by atoms with van der Waals surface area (Å²) in [6.07, 6.45) is 0. The van der Waals surface area contributed by atoms with Crippen LogP contribution in [0.5, 0.6) is 0 Å². The van der Waals surface area contributed by atoms with Gasteiger partial charge in [-0.2, -0.15) is 0 Å². The number of nitrogens with one attached hydrogen (secondary N) is 1. The van der Waals surface area contributed by atoms with Crippen LogP contribution >= 0.6 is 15.9 Å². The highest BCUT2D eigenvalue weighted by Gasteiger charge is 2.10. The van der Waals surface area contributed by atoms with Gasteiger partial charge in [-0.05, 0) is 34.6 Å². The highest BCUT2D eigenvalue weighted by molar-refractivity contribution is 9.10. The first-order valence-electron chi connectivity index (χ1n) is 5.01. The van der Waals surface area contributed by atoms with Crippen molar-refractivity contribution in [2.24, 2.45) is 7.05 Å². The third-order valence-electron chi connectivity index (χ3n) is 2.37. The Hall–Kier alpha value is -1.20. The molecule has 0 amide bonds. The van der Waals surface area contributed by atoms with E-state index < -0.39 is 0 Å². The maximum absolute atomic E-state index is 3.98. The number of hydrogen-bond acceptors (Lipinski definition) is 3. The summed E-state index contributed by atoms with van der Waals surface area (Å²) in [5.41, 5.74) is 3.36. The fraction of sp³-hybridized carbons (Fsp3) is 0.273. The maximum Gasteiger partial charge on any atom is 0.156 e. The average Bonchev–Trinajstić information content (AvgIpc) is 2.59. The van der Waals surface area contributed by atoms with E-state index in [-0.39, 0.29) is 0 Å². The molecule has 1 aromatic carbocycles. The van der Waals surface area contributed by atoms with Crippen molar-refractivity contribution >= 4 is 15.9 Å². The van der Waals surface area contributed by atoms with E-state index >= 15 is 0 Å². The Balaban J connectivity index is 2.44. The second-order valence-corrected chi connectivity index (χ2v) is 4.33. The molecule has 4 nitrogen and oxygen atoms in total. The smallest absolute Gasteiger partial charge is 0.156 e. The molecule has 0 bridgehead atoms. The van der Waals surface area contributed by atoms with Gasteiger partial charge in [0.05, 0.1) is 0 Å². The SMILES string of the molecule is CNCc1cccc(-c2c(Br)nnn2C)c1. The van der Waals surface area contributed by atoms with Crippen LogP contribution in [0.25, 0.3) is 11.3 Å². The van der Waals surface area contributed by atoms with Crippen LogP contribution in [0, 0.1) is 0 Å². The van der Waals surface area contributed by atoms with E-state index in [2.05, 4.69) is 49.8 Å². The van der Waals surface area contributed by atoms with Crippen LogP contribution in [0.2, 0.25) is 0 Å². The van der Waals surface area contributed by atoms with Crippen LogP contribution in [0.1, 0.15) is 5.56 Å². The van der Waals surface area contributed by atoms with Gasteiger partial charge in [0.15, 0.2) is 4.60 Å². The third-order valence-corrected chi connectivity index (χ3v) is 2.90. The van der Waals surface area contributed by atoms with Crippen molar-refractivity contribution in [3.63, 3.8) is 0 Å². The van der Waals surface area contributed by atoms with Crippen LogP contribution in [-0.4, -0.2) is 22.0 Å². The standard InChI is InChI=1S/C11H13BrN4/c1-13-7-8-4-3-5-9(6-8)10-11(12)14-15-16(10)2/h3-6,13H,7H2,1-2H3. The highest BCUT2D eigenvalue weighted by atomic mass is 79.9. The molecule has 0 atom stereocenters. The number of halogens is 1. The molecule has 0 radical (unpaired) electrons. The van der Waals surface area contributed by atoms with Crippen molar-refractivity contribution in [1.29, 1.82) is 0 Å². The molecule has 84 valence electrons. The largest absolute Gasteiger partial charge is 0.316 e. The normalized spacial score (nSPS) is 10.7. The van der Waals surface area contributed by atoms with Gasteiger partial charge in [0.2, 0.25) is 0 Å². The monoisotopic (exact) mass is 280 g/mol. The summed E-state index contributed by atoms with van der Waals surface area (Å²) in [5, 5.41) is 11.1. The second kappa shape index (κ2) is 4.76. The molecule has 1 heterocycles. The van der Waals surface area contributed by atoms with E-state index in [9.17, 15) is 0 Å². The van der Waals surface area contributed by atoms with Gasteiger partial charge in [0.25, 0.3) is 0 Å². The number of benzene rings is 1. The summed E-state index contributed by atoms with van der Waals surface area (Å²) in [7, 11) is 3.83. The van der Waals surface area contributed by atoms with Crippen molar-refractivity contribution in [2.75, 3.05) is 7.05 Å². The van der Waals surface area contributed by atoms with Crippen LogP contribution in [0.15, 0.2) is 28.9 Å². The van der Waals surface area contributed by atoms with E-state index in [0.717, 1.165) is 22.4 Å². The molecule has 0 spiro atoms. The average molecular weight is 281 g/mol. The first-order chi connectivity index (χ1) is 7.72. The number of aryl methyl sites for hydroxylation is 1. The summed E-state index contributed by atoms with van der Waals surface area (Å²) >= 11 is 3.41. The van der Waals surface area contributed by atoms with Crippen LogP contribution in [-0.2, 0) is 13.6 Å². The Bertz CT molecular complexity index is 473. The number of nitrogens with zero attached hydrogens (tertiary/aromatic N) is 3. The van der Waals surface area contributed by atoms with Crippen molar-refractivity contribution in [1.82, 2.24) is 20.3 Å². The third kappa shape index (κ3) is 2.15. The lowest BCUT2D eigenvalue weighted by Crippen LogP contribution is -2.05. The van der Waals surface area contributed by atoms with Crippen molar-refractivity contribution < 1.29 is 0 Å². The summed E-state index contributed by atoms with van der Waals surface area (Å²) in [5.74, 6) is 0. The fourth-order valence-electron chi connectivity index (χ4n) is 1.67. The zero-order chi connectivity index (χ0) is 11.5. The van der Waals surface area contributed by atoms with Crippen LogP contribution < -0.4 is 5.32 Å². The summed E-state index contributed by atoms with van der Waals surface area (Å²) < 4.78 is 2.54. The summed E-state index contributed by atoms with van der Waals surface area (Å²) in [6, 6.07) is 8.34. The minimum absolute atomic E-state index is 0.775. The predicted molar refractivity (Wildman–Crippen MR) is 66.9 cm³/mol. The van der Waals surface area contributed by atoms with E-state index in [4.69, 9.17) is 0 Å². The second-order valence-electron chi connectivity index (χ2n) is 3.58. The lowest BCUT2D eigenvalue weighted by molar-refractivity contribution is 0.720. The molecule has 0 saturated carbocycles. The Morgan fingerprint density at radius 2 is 2.25 bits per heavy atom. The van der Waals surface area contributed by atoms with Gasteiger partial charge in [-0.3, -0.25) is 0 Å².